The van der Waals surface area contributed by atoms with E-state index in [1.165, 1.54) is 42.1 Å². The highest BCUT2D eigenvalue weighted by Gasteiger charge is 2.19. The van der Waals surface area contributed by atoms with Gasteiger partial charge in [0.05, 0.1) is 0 Å². The van der Waals surface area contributed by atoms with E-state index in [0.717, 1.165) is 5.92 Å². The highest BCUT2D eigenvalue weighted by molar-refractivity contribution is 5.84. The predicted molar refractivity (Wildman–Crippen MR) is 64.2 cm³/mol. The number of benzene rings is 1. The van der Waals surface area contributed by atoms with Crippen LogP contribution in [0, 0.1) is 6.92 Å². The molecule has 1 aromatic heterocycles. The Kier molecular flexibility index (Phi) is 2.05. The fraction of sp³-hybridized carbons (Fsp3) is 0.429. The zero-order valence-electron chi connectivity index (χ0n) is 9.22. The van der Waals surface area contributed by atoms with E-state index in [9.17, 15) is 0 Å². The zero-order valence-corrected chi connectivity index (χ0v) is 9.22. The summed E-state index contributed by atoms with van der Waals surface area (Å²) in [6.45, 7) is 2.15. The van der Waals surface area contributed by atoms with Crippen LogP contribution >= 0.6 is 0 Å². The van der Waals surface area contributed by atoms with Crippen LogP contribution in [0.2, 0.25) is 0 Å². The number of rotatable bonds is 1. The van der Waals surface area contributed by atoms with Crippen molar-refractivity contribution in [2.45, 2.75) is 38.5 Å². The first-order chi connectivity index (χ1) is 7.34. The lowest BCUT2D eigenvalue weighted by Gasteiger charge is -2.06. The summed E-state index contributed by atoms with van der Waals surface area (Å²) < 4.78 is 0. The van der Waals surface area contributed by atoms with Crippen LogP contribution in [0.25, 0.3) is 10.9 Å². The summed E-state index contributed by atoms with van der Waals surface area (Å²) >= 11 is 0. The van der Waals surface area contributed by atoms with Gasteiger partial charge in [-0.2, -0.15) is 0 Å². The van der Waals surface area contributed by atoms with Crippen LogP contribution < -0.4 is 0 Å². The molecule has 78 valence electrons. The topological polar surface area (TPSA) is 15.8 Å². The summed E-state index contributed by atoms with van der Waals surface area (Å²) in [5.74, 6) is 0.807. The van der Waals surface area contributed by atoms with E-state index in [1.807, 2.05) is 0 Å². The molecule has 15 heavy (non-hydrogen) atoms. The Morgan fingerprint density at radius 1 is 1.20 bits per heavy atom. The minimum Gasteiger partial charge on any atom is -0.361 e. The average molecular weight is 199 g/mol. The van der Waals surface area contributed by atoms with Gasteiger partial charge in [-0.25, -0.2) is 0 Å². The van der Waals surface area contributed by atoms with Crippen molar-refractivity contribution in [3.63, 3.8) is 0 Å². The van der Waals surface area contributed by atoms with E-state index in [1.54, 1.807) is 5.56 Å². The van der Waals surface area contributed by atoms with Crippen molar-refractivity contribution < 1.29 is 0 Å². The highest BCUT2D eigenvalue weighted by Crippen LogP contribution is 2.37. The number of H-pyrrole nitrogens is 1. The van der Waals surface area contributed by atoms with Gasteiger partial charge in [0.15, 0.2) is 0 Å². The third kappa shape index (κ3) is 1.46. The van der Waals surface area contributed by atoms with Gasteiger partial charge in [0, 0.05) is 17.1 Å². The quantitative estimate of drug-likeness (QED) is 0.710. The summed E-state index contributed by atoms with van der Waals surface area (Å²) in [6.07, 6.45) is 7.79. The van der Waals surface area contributed by atoms with Crippen molar-refractivity contribution in [1.82, 2.24) is 4.98 Å². The fourth-order valence-corrected chi connectivity index (χ4v) is 2.84. The van der Waals surface area contributed by atoms with E-state index in [0.29, 0.717) is 0 Å². The molecule has 0 amide bonds. The first-order valence-electron chi connectivity index (χ1n) is 5.92. The van der Waals surface area contributed by atoms with E-state index in [2.05, 4.69) is 36.3 Å². The summed E-state index contributed by atoms with van der Waals surface area (Å²) in [6, 6.07) is 6.73. The molecule has 0 unspecified atom stereocenters. The third-order valence-corrected chi connectivity index (χ3v) is 3.66. The van der Waals surface area contributed by atoms with Crippen LogP contribution in [-0.4, -0.2) is 4.98 Å². The van der Waals surface area contributed by atoms with Crippen molar-refractivity contribution >= 4 is 10.9 Å². The summed E-state index contributed by atoms with van der Waals surface area (Å²) in [5.41, 5.74) is 4.18. The van der Waals surface area contributed by atoms with E-state index >= 15 is 0 Å². The van der Waals surface area contributed by atoms with Crippen molar-refractivity contribution in [3.05, 3.63) is 35.5 Å². The monoisotopic (exact) mass is 199 g/mol. The molecule has 0 aliphatic heterocycles. The Hall–Kier alpha value is -1.24. The standard InChI is InChI=1S/C14H17N/c1-10-6-7-12-13(9-15-14(12)8-10)11-4-2-3-5-11/h6-9,11,15H,2-5H2,1H3. The molecule has 1 aliphatic rings. The molecule has 1 heterocycles. The molecule has 0 atom stereocenters. The van der Waals surface area contributed by atoms with Crippen LogP contribution in [0.3, 0.4) is 0 Å². The van der Waals surface area contributed by atoms with Crippen LogP contribution in [0.1, 0.15) is 42.7 Å². The Morgan fingerprint density at radius 3 is 2.80 bits per heavy atom. The average Bonchev–Trinajstić information content (AvgIpc) is 2.82. The van der Waals surface area contributed by atoms with Crippen molar-refractivity contribution in [1.29, 1.82) is 0 Å². The van der Waals surface area contributed by atoms with Crippen LogP contribution in [0.5, 0.6) is 0 Å². The minimum absolute atomic E-state index is 0.807. The van der Waals surface area contributed by atoms with E-state index in [-0.39, 0.29) is 0 Å². The maximum Gasteiger partial charge on any atom is 0.0459 e. The second-order valence-electron chi connectivity index (χ2n) is 4.77. The Balaban J connectivity index is 2.11. The molecule has 1 nitrogen and oxygen atoms in total. The molecule has 1 saturated carbocycles. The normalized spacial score (nSPS) is 17.7. The number of hydrogen-bond donors (Lipinski definition) is 1. The van der Waals surface area contributed by atoms with Gasteiger partial charge in [0.25, 0.3) is 0 Å². The first kappa shape index (κ1) is 9.02. The maximum atomic E-state index is 3.41. The SMILES string of the molecule is Cc1ccc2c(C3CCCC3)c[nH]c2c1. The second kappa shape index (κ2) is 3.41. The molecule has 1 aliphatic carbocycles. The molecule has 0 saturated heterocycles. The van der Waals surface area contributed by atoms with Crippen molar-refractivity contribution in [3.8, 4) is 0 Å². The third-order valence-electron chi connectivity index (χ3n) is 3.66. The molecule has 1 N–H and O–H groups in total. The number of aromatic nitrogens is 1. The molecule has 1 heteroatoms. The van der Waals surface area contributed by atoms with Gasteiger partial charge in [-0.3, -0.25) is 0 Å². The molecule has 3 rings (SSSR count). The number of aromatic amines is 1. The number of fused-ring (bicyclic) bond motifs is 1. The molecule has 2 aromatic rings. The minimum atomic E-state index is 0.807. The summed E-state index contributed by atoms with van der Waals surface area (Å²) in [4.78, 5) is 3.41. The van der Waals surface area contributed by atoms with Crippen LogP contribution in [-0.2, 0) is 0 Å². The van der Waals surface area contributed by atoms with Gasteiger partial charge >= 0.3 is 0 Å². The molecule has 1 aromatic carbocycles. The van der Waals surface area contributed by atoms with Crippen LogP contribution in [0.4, 0.5) is 0 Å². The van der Waals surface area contributed by atoms with E-state index in [4.69, 9.17) is 0 Å². The van der Waals surface area contributed by atoms with Gasteiger partial charge in [0.2, 0.25) is 0 Å². The molecule has 1 fully saturated rings. The first-order valence-corrected chi connectivity index (χ1v) is 5.92. The number of hydrogen-bond acceptors (Lipinski definition) is 0. The molecule has 0 bridgehead atoms. The summed E-state index contributed by atoms with van der Waals surface area (Å²) in [5, 5.41) is 1.44. The molecule has 0 radical (unpaired) electrons. The highest BCUT2D eigenvalue weighted by atomic mass is 14.7. The number of nitrogens with one attached hydrogen (secondary N) is 1. The van der Waals surface area contributed by atoms with Crippen LogP contribution in [0.15, 0.2) is 24.4 Å². The second-order valence-corrected chi connectivity index (χ2v) is 4.77. The lowest BCUT2D eigenvalue weighted by molar-refractivity contribution is 0.729. The molecular weight excluding hydrogens is 182 g/mol. The Bertz CT molecular complexity index is 475. The predicted octanol–water partition coefficient (Wildman–Crippen LogP) is 4.13. The fourth-order valence-electron chi connectivity index (χ4n) is 2.84. The smallest absolute Gasteiger partial charge is 0.0459 e. The largest absolute Gasteiger partial charge is 0.361 e. The van der Waals surface area contributed by atoms with Gasteiger partial charge in [-0.05, 0) is 42.9 Å². The molecular formula is C14H17N. The Morgan fingerprint density at radius 2 is 2.00 bits per heavy atom. The summed E-state index contributed by atoms with van der Waals surface area (Å²) in [7, 11) is 0. The number of aryl methyl sites for hydroxylation is 1. The van der Waals surface area contributed by atoms with E-state index < -0.39 is 0 Å². The van der Waals surface area contributed by atoms with Gasteiger partial charge in [0.1, 0.15) is 0 Å². The zero-order chi connectivity index (χ0) is 10.3. The van der Waals surface area contributed by atoms with Gasteiger partial charge < -0.3 is 4.98 Å². The Labute approximate surface area is 90.5 Å². The van der Waals surface area contributed by atoms with Crippen molar-refractivity contribution in [2.75, 3.05) is 0 Å². The molecule has 0 spiro atoms. The van der Waals surface area contributed by atoms with Crippen molar-refractivity contribution in [2.24, 2.45) is 0 Å². The van der Waals surface area contributed by atoms with Gasteiger partial charge in [-0.15, -0.1) is 0 Å². The lowest BCUT2D eigenvalue weighted by Crippen LogP contribution is -1.89. The van der Waals surface area contributed by atoms with Gasteiger partial charge in [-0.1, -0.05) is 25.0 Å². The lowest BCUT2D eigenvalue weighted by atomic mass is 9.97. The maximum absolute atomic E-state index is 3.41.